The van der Waals surface area contributed by atoms with Gasteiger partial charge < -0.3 is 4.57 Å². The quantitative estimate of drug-likeness (QED) is 0.513. The van der Waals surface area contributed by atoms with Crippen molar-refractivity contribution in [3.8, 4) is 5.69 Å². The van der Waals surface area contributed by atoms with Gasteiger partial charge in [0.25, 0.3) is 11.8 Å². The van der Waals surface area contributed by atoms with Crippen molar-refractivity contribution in [2.45, 2.75) is 20.8 Å². The number of halogens is 1. The normalized spacial score (nSPS) is 15.5. The zero-order valence-electron chi connectivity index (χ0n) is 17.3. The van der Waals surface area contributed by atoms with Crippen LogP contribution in [0.3, 0.4) is 0 Å². The predicted octanol–water partition coefficient (Wildman–Crippen LogP) is 4.21. The number of anilines is 1. The molecule has 4 amide bonds. The van der Waals surface area contributed by atoms with Gasteiger partial charge in [0.15, 0.2) is 0 Å². The van der Waals surface area contributed by atoms with Gasteiger partial charge >= 0.3 is 6.03 Å². The topological polar surface area (TPSA) is 71.4 Å². The molecule has 156 valence electrons. The summed E-state index contributed by atoms with van der Waals surface area (Å²) in [5, 5.41) is 2.12. The van der Waals surface area contributed by atoms with Gasteiger partial charge in [-0.05, 0) is 62.7 Å². The molecule has 1 N–H and O–H groups in total. The van der Waals surface area contributed by atoms with Crippen LogP contribution < -0.4 is 10.2 Å². The zero-order valence-corrected chi connectivity index (χ0v) is 17.3. The molecule has 1 fully saturated rings. The Bertz CT molecular complexity index is 1260. The number of carbonyl (C=O) groups is 3. The molecule has 0 aliphatic carbocycles. The Morgan fingerprint density at radius 3 is 2.29 bits per heavy atom. The molecule has 1 aliphatic rings. The number of aryl methyl sites for hydroxylation is 2. The first-order valence-corrected chi connectivity index (χ1v) is 9.70. The molecule has 7 heteroatoms. The number of hydrogen-bond donors (Lipinski definition) is 1. The van der Waals surface area contributed by atoms with E-state index in [1.54, 1.807) is 0 Å². The lowest BCUT2D eigenvalue weighted by molar-refractivity contribution is -0.122. The van der Waals surface area contributed by atoms with Crippen molar-refractivity contribution >= 4 is 29.6 Å². The van der Waals surface area contributed by atoms with Crippen LogP contribution in [0.1, 0.15) is 22.5 Å². The molecule has 2 aromatic carbocycles. The zero-order chi connectivity index (χ0) is 22.3. The van der Waals surface area contributed by atoms with Gasteiger partial charge in [-0.2, -0.15) is 0 Å². The van der Waals surface area contributed by atoms with Crippen LogP contribution in [0.15, 0.2) is 60.2 Å². The third kappa shape index (κ3) is 3.54. The van der Waals surface area contributed by atoms with E-state index in [-0.39, 0.29) is 11.3 Å². The average Bonchev–Trinajstić information content (AvgIpc) is 3.00. The van der Waals surface area contributed by atoms with E-state index in [1.165, 1.54) is 24.3 Å². The number of carbonyl (C=O) groups excluding carboxylic acids is 3. The van der Waals surface area contributed by atoms with Crippen LogP contribution in [0.2, 0.25) is 0 Å². The number of nitrogens with one attached hydrogen (secondary N) is 1. The van der Waals surface area contributed by atoms with Crippen LogP contribution in [0.5, 0.6) is 0 Å². The van der Waals surface area contributed by atoms with Crippen molar-refractivity contribution in [2.75, 3.05) is 4.90 Å². The lowest BCUT2D eigenvalue weighted by Crippen LogP contribution is -2.54. The van der Waals surface area contributed by atoms with Crippen LogP contribution in [-0.2, 0) is 9.59 Å². The summed E-state index contributed by atoms with van der Waals surface area (Å²) in [7, 11) is 0. The average molecular weight is 417 g/mol. The van der Waals surface area contributed by atoms with E-state index in [1.807, 2.05) is 55.7 Å². The molecule has 3 aromatic rings. The molecule has 1 saturated heterocycles. The number of para-hydroxylation sites is 1. The van der Waals surface area contributed by atoms with Gasteiger partial charge in [-0.15, -0.1) is 0 Å². The number of barbiturate groups is 1. The minimum absolute atomic E-state index is 0.214. The van der Waals surface area contributed by atoms with Crippen molar-refractivity contribution in [3.63, 3.8) is 0 Å². The van der Waals surface area contributed by atoms with Crippen LogP contribution in [-0.4, -0.2) is 22.4 Å². The summed E-state index contributed by atoms with van der Waals surface area (Å²) in [5.41, 5.74) is 4.02. The summed E-state index contributed by atoms with van der Waals surface area (Å²) in [6, 6.07) is 14.3. The molecule has 31 heavy (non-hydrogen) atoms. The summed E-state index contributed by atoms with van der Waals surface area (Å²) in [5.74, 6) is -2.43. The SMILES string of the molecule is Cc1ccc(-n2c(C)cc(/C=C3\C(=O)NC(=O)N(c4ccccc4F)C3=O)c2C)cc1. The molecule has 0 saturated carbocycles. The maximum atomic E-state index is 14.2. The number of nitrogens with zero attached hydrogens (tertiary/aromatic N) is 2. The Morgan fingerprint density at radius 1 is 0.935 bits per heavy atom. The lowest BCUT2D eigenvalue weighted by Gasteiger charge is -2.26. The van der Waals surface area contributed by atoms with Crippen LogP contribution >= 0.6 is 0 Å². The van der Waals surface area contributed by atoms with Crippen LogP contribution in [0, 0.1) is 26.6 Å². The van der Waals surface area contributed by atoms with E-state index in [0.29, 0.717) is 10.5 Å². The Balaban J connectivity index is 1.77. The predicted molar refractivity (Wildman–Crippen MR) is 115 cm³/mol. The van der Waals surface area contributed by atoms with Gasteiger partial charge in [0, 0.05) is 17.1 Å². The fraction of sp³-hybridized carbons (Fsp3) is 0.125. The van der Waals surface area contributed by atoms with Crippen molar-refractivity contribution < 1.29 is 18.8 Å². The first-order chi connectivity index (χ1) is 14.8. The van der Waals surface area contributed by atoms with E-state index in [2.05, 4.69) is 5.32 Å². The second-order valence-corrected chi connectivity index (χ2v) is 7.41. The Kier molecular flexibility index (Phi) is 5.02. The van der Waals surface area contributed by atoms with Gasteiger partial charge in [-0.1, -0.05) is 29.8 Å². The highest BCUT2D eigenvalue weighted by Gasteiger charge is 2.38. The molecule has 0 atom stereocenters. The number of rotatable bonds is 3. The Labute approximate surface area is 178 Å². The third-order valence-corrected chi connectivity index (χ3v) is 5.26. The summed E-state index contributed by atoms with van der Waals surface area (Å²) < 4.78 is 16.2. The minimum Gasteiger partial charge on any atom is -0.318 e. The van der Waals surface area contributed by atoms with Crippen molar-refractivity contribution in [1.29, 1.82) is 0 Å². The van der Waals surface area contributed by atoms with Crippen molar-refractivity contribution in [3.05, 3.63) is 88.5 Å². The van der Waals surface area contributed by atoms with Crippen LogP contribution in [0.4, 0.5) is 14.9 Å². The molecule has 1 aliphatic heterocycles. The monoisotopic (exact) mass is 417 g/mol. The summed E-state index contributed by atoms with van der Waals surface area (Å²) in [4.78, 5) is 38.4. The molecule has 1 aromatic heterocycles. The van der Waals surface area contributed by atoms with Gasteiger partial charge in [0.2, 0.25) is 0 Å². The van der Waals surface area contributed by atoms with Gasteiger partial charge in [-0.25, -0.2) is 14.1 Å². The number of urea groups is 1. The van der Waals surface area contributed by atoms with Crippen molar-refractivity contribution in [1.82, 2.24) is 9.88 Å². The van der Waals surface area contributed by atoms with Gasteiger partial charge in [0.05, 0.1) is 5.69 Å². The Hall–Kier alpha value is -4.00. The fourth-order valence-electron chi connectivity index (χ4n) is 3.69. The highest BCUT2D eigenvalue weighted by Crippen LogP contribution is 2.27. The smallest absolute Gasteiger partial charge is 0.318 e. The number of hydrogen-bond acceptors (Lipinski definition) is 3. The van der Waals surface area contributed by atoms with Crippen LogP contribution in [0.25, 0.3) is 11.8 Å². The molecular formula is C24H20FN3O3. The maximum Gasteiger partial charge on any atom is 0.336 e. The minimum atomic E-state index is -0.984. The number of benzene rings is 2. The highest BCUT2D eigenvalue weighted by atomic mass is 19.1. The maximum absolute atomic E-state index is 14.2. The second kappa shape index (κ2) is 7.68. The van der Waals surface area contributed by atoms with E-state index in [4.69, 9.17) is 0 Å². The third-order valence-electron chi connectivity index (χ3n) is 5.26. The number of amides is 4. The van der Waals surface area contributed by atoms with Crippen molar-refractivity contribution in [2.24, 2.45) is 0 Å². The molecule has 0 bridgehead atoms. The fourth-order valence-corrected chi connectivity index (χ4v) is 3.69. The summed E-state index contributed by atoms with van der Waals surface area (Å²) in [6.07, 6.45) is 1.44. The lowest BCUT2D eigenvalue weighted by atomic mass is 10.1. The standard InChI is InChI=1S/C24H20FN3O3/c1-14-8-10-18(11-9-14)27-15(2)12-17(16(27)3)13-19-22(29)26-24(31)28(23(19)30)21-7-5-4-6-20(21)25/h4-13H,1-3H3,(H,26,29,31)/b19-13+. The van der Waals surface area contributed by atoms with E-state index in [0.717, 1.165) is 28.7 Å². The van der Waals surface area contributed by atoms with E-state index >= 15 is 0 Å². The largest absolute Gasteiger partial charge is 0.336 e. The van der Waals surface area contributed by atoms with Gasteiger partial charge in [0.1, 0.15) is 11.4 Å². The molecular weight excluding hydrogens is 397 g/mol. The van der Waals surface area contributed by atoms with E-state index < -0.39 is 23.7 Å². The highest BCUT2D eigenvalue weighted by molar-refractivity contribution is 6.39. The molecule has 0 unspecified atom stereocenters. The first-order valence-electron chi connectivity index (χ1n) is 9.70. The second-order valence-electron chi connectivity index (χ2n) is 7.41. The first kappa shape index (κ1) is 20.3. The molecule has 0 spiro atoms. The molecule has 4 rings (SSSR count). The van der Waals surface area contributed by atoms with Gasteiger partial charge in [-0.3, -0.25) is 14.9 Å². The molecule has 6 nitrogen and oxygen atoms in total. The molecule has 0 radical (unpaired) electrons. The van der Waals surface area contributed by atoms with E-state index in [9.17, 15) is 18.8 Å². The molecule has 2 heterocycles. The summed E-state index contributed by atoms with van der Waals surface area (Å²) in [6.45, 7) is 5.81. The number of aromatic nitrogens is 1. The Morgan fingerprint density at radius 2 is 1.61 bits per heavy atom. The number of imide groups is 2. The summed E-state index contributed by atoms with van der Waals surface area (Å²) >= 11 is 0.